The molecule has 0 radical (unpaired) electrons. The van der Waals surface area contributed by atoms with Gasteiger partial charge in [0.25, 0.3) is 0 Å². The van der Waals surface area contributed by atoms with Crippen molar-refractivity contribution in [1.29, 1.82) is 0 Å². The highest BCUT2D eigenvalue weighted by Gasteiger charge is 2.16. The molecule has 27 heavy (non-hydrogen) atoms. The first-order valence-corrected chi connectivity index (χ1v) is 9.88. The first kappa shape index (κ1) is 17.5. The molecular formula is C25H25NO. The van der Waals surface area contributed by atoms with Gasteiger partial charge in [0.15, 0.2) is 5.78 Å². The molecule has 1 heterocycles. The van der Waals surface area contributed by atoms with Crippen LogP contribution in [0, 0.1) is 0 Å². The fourth-order valence-electron chi connectivity index (χ4n) is 4.02. The molecule has 0 aliphatic rings. The summed E-state index contributed by atoms with van der Waals surface area (Å²) in [6.07, 6.45) is 3.19. The molecule has 0 atom stereocenters. The number of hydrogen-bond acceptors (Lipinski definition) is 1. The smallest absolute Gasteiger partial charge is 0.193 e. The van der Waals surface area contributed by atoms with E-state index in [1.165, 1.54) is 16.4 Å². The molecule has 2 heteroatoms. The summed E-state index contributed by atoms with van der Waals surface area (Å²) in [5.74, 6) is 0.122. The van der Waals surface area contributed by atoms with Crippen LogP contribution in [0.5, 0.6) is 0 Å². The van der Waals surface area contributed by atoms with Crippen LogP contribution in [0.4, 0.5) is 0 Å². The molecule has 0 amide bonds. The minimum Gasteiger partial charge on any atom is -0.341 e. The van der Waals surface area contributed by atoms with Crippen LogP contribution in [0.25, 0.3) is 21.8 Å². The number of nitrogens with zero attached hydrogens (tertiary/aromatic N) is 1. The van der Waals surface area contributed by atoms with Crippen molar-refractivity contribution in [3.05, 3.63) is 83.4 Å². The number of ketones is 1. The van der Waals surface area contributed by atoms with Gasteiger partial charge in [0.2, 0.25) is 0 Å². The lowest BCUT2D eigenvalue weighted by Gasteiger charge is -2.09. The summed E-state index contributed by atoms with van der Waals surface area (Å²) in [7, 11) is 0. The normalized spacial score (nSPS) is 11.3. The number of unbranched alkanes of at least 4 members (excludes halogenated alkanes) is 1. The summed E-state index contributed by atoms with van der Waals surface area (Å²) in [4.78, 5) is 13.3. The summed E-state index contributed by atoms with van der Waals surface area (Å²) < 4.78 is 2.31. The quantitative estimate of drug-likeness (QED) is 0.367. The first-order valence-electron chi connectivity index (χ1n) is 9.88. The molecular weight excluding hydrogens is 330 g/mol. The predicted octanol–water partition coefficient (Wildman–Crippen LogP) is 6.39. The Kier molecular flexibility index (Phi) is 4.81. The van der Waals surface area contributed by atoms with Crippen LogP contribution in [-0.4, -0.2) is 10.4 Å². The fraction of sp³-hybridized carbons (Fsp3) is 0.240. The highest BCUT2D eigenvalue weighted by Crippen LogP contribution is 2.30. The lowest BCUT2D eigenvalue weighted by molar-refractivity contribution is 0.103. The van der Waals surface area contributed by atoms with Crippen molar-refractivity contribution in [2.75, 3.05) is 0 Å². The minimum atomic E-state index is 0.122. The minimum absolute atomic E-state index is 0.122. The molecule has 4 aromatic rings. The summed E-state index contributed by atoms with van der Waals surface area (Å²) >= 11 is 0. The molecule has 0 unspecified atom stereocenters. The van der Waals surface area contributed by atoms with Crippen LogP contribution in [0.1, 0.15) is 48.2 Å². The molecule has 4 rings (SSSR count). The maximum atomic E-state index is 13.3. The SMILES string of the molecule is CCCCc1ccccc1C(=O)c1ccc2c(c1)c1ccccc1n2CC. The number of benzene rings is 3. The third kappa shape index (κ3) is 3.06. The number of rotatable bonds is 6. The molecule has 3 aromatic carbocycles. The number of aromatic nitrogens is 1. The van der Waals surface area contributed by atoms with E-state index in [-0.39, 0.29) is 5.78 Å². The maximum Gasteiger partial charge on any atom is 0.193 e. The molecule has 0 spiro atoms. The van der Waals surface area contributed by atoms with Crippen LogP contribution in [0.3, 0.4) is 0 Å². The zero-order valence-electron chi connectivity index (χ0n) is 16.0. The predicted molar refractivity (Wildman–Crippen MR) is 114 cm³/mol. The van der Waals surface area contributed by atoms with E-state index >= 15 is 0 Å². The van der Waals surface area contributed by atoms with Gasteiger partial charge in [0.05, 0.1) is 0 Å². The van der Waals surface area contributed by atoms with Gasteiger partial charge in [0.1, 0.15) is 0 Å². The highest BCUT2D eigenvalue weighted by atomic mass is 16.1. The van der Waals surface area contributed by atoms with Gasteiger partial charge in [-0.1, -0.05) is 55.8 Å². The average Bonchev–Trinajstić information content (AvgIpc) is 3.05. The summed E-state index contributed by atoms with van der Waals surface area (Å²) in [6, 6.07) is 22.6. The van der Waals surface area contributed by atoms with Crippen LogP contribution in [0.15, 0.2) is 66.7 Å². The lowest BCUT2D eigenvalue weighted by Crippen LogP contribution is -2.05. The van der Waals surface area contributed by atoms with E-state index in [1.807, 2.05) is 24.3 Å². The number of hydrogen-bond donors (Lipinski definition) is 0. The van der Waals surface area contributed by atoms with E-state index in [0.717, 1.165) is 47.9 Å². The molecule has 0 N–H and O–H groups in total. The number of carbonyl (C=O) groups is 1. The molecule has 1 aromatic heterocycles. The van der Waals surface area contributed by atoms with Gasteiger partial charge in [-0.25, -0.2) is 0 Å². The third-order valence-electron chi connectivity index (χ3n) is 5.41. The second kappa shape index (κ2) is 7.40. The van der Waals surface area contributed by atoms with E-state index in [0.29, 0.717) is 0 Å². The number of para-hydroxylation sites is 1. The molecule has 0 bridgehead atoms. The van der Waals surface area contributed by atoms with Crippen molar-refractivity contribution in [3.8, 4) is 0 Å². The van der Waals surface area contributed by atoms with Gasteiger partial charge in [-0.3, -0.25) is 4.79 Å². The Morgan fingerprint density at radius 2 is 1.59 bits per heavy atom. The Balaban J connectivity index is 1.83. The zero-order chi connectivity index (χ0) is 18.8. The van der Waals surface area contributed by atoms with Crippen molar-refractivity contribution >= 4 is 27.6 Å². The van der Waals surface area contributed by atoms with Gasteiger partial charge in [-0.05, 0) is 49.6 Å². The van der Waals surface area contributed by atoms with E-state index in [2.05, 4.69) is 60.9 Å². The van der Waals surface area contributed by atoms with Gasteiger partial charge >= 0.3 is 0 Å². The molecule has 0 fully saturated rings. The van der Waals surface area contributed by atoms with Crippen molar-refractivity contribution in [1.82, 2.24) is 4.57 Å². The van der Waals surface area contributed by atoms with Gasteiger partial charge in [-0.2, -0.15) is 0 Å². The Bertz CT molecular complexity index is 1120. The number of carbonyl (C=O) groups excluding carboxylic acids is 1. The van der Waals surface area contributed by atoms with Crippen LogP contribution < -0.4 is 0 Å². The Morgan fingerprint density at radius 1 is 0.852 bits per heavy atom. The second-order valence-corrected chi connectivity index (χ2v) is 7.08. The van der Waals surface area contributed by atoms with Gasteiger partial charge in [-0.15, -0.1) is 0 Å². The second-order valence-electron chi connectivity index (χ2n) is 7.08. The van der Waals surface area contributed by atoms with Crippen molar-refractivity contribution in [2.24, 2.45) is 0 Å². The van der Waals surface area contributed by atoms with E-state index in [1.54, 1.807) is 0 Å². The van der Waals surface area contributed by atoms with E-state index in [9.17, 15) is 4.79 Å². The number of aryl methyl sites for hydroxylation is 2. The zero-order valence-corrected chi connectivity index (χ0v) is 16.0. The molecule has 2 nitrogen and oxygen atoms in total. The molecule has 0 saturated heterocycles. The number of fused-ring (bicyclic) bond motifs is 3. The van der Waals surface area contributed by atoms with Crippen LogP contribution in [0.2, 0.25) is 0 Å². The maximum absolute atomic E-state index is 13.3. The van der Waals surface area contributed by atoms with Crippen LogP contribution >= 0.6 is 0 Å². The summed E-state index contributed by atoms with van der Waals surface area (Å²) in [6.45, 7) is 5.26. The van der Waals surface area contributed by atoms with Gasteiger partial charge in [0, 0.05) is 39.5 Å². The summed E-state index contributed by atoms with van der Waals surface area (Å²) in [5.41, 5.74) is 5.17. The van der Waals surface area contributed by atoms with Crippen LogP contribution in [-0.2, 0) is 13.0 Å². The monoisotopic (exact) mass is 355 g/mol. The molecule has 0 saturated carbocycles. The third-order valence-corrected chi connectivity index (χ3v) is 5.41. The molecule has 136 valence electrons. The average molecular weight is 355 g/mol. The Labute approximate surface area is 160 Å². The van der Waals surface area contributed by atoms with Crippen molar-refractivity contribution < 1.29 is 4.79 Å². The fourth-order valence-corrected chi connectivity index (χ4v) is 4.02. The Morgan fingerprint density at radius 3 is 2.41 bits per heavy atom. The molecule has 0 aliphatic heterocycles. The van der Waals surface area contributed by atoms with Crippen molar-refractivity contribution in [2.45, 2.75) is 39.7 Å². The van der Waals surface area contributed by atoms with Crippen molar-refractivity contribution in [3.63, 3.8) is 0 Å². The Hall–Kier alpha value is -2.87. The van der Waals surface area contributed by atoms with E-state index < -0.39 is 0 Å². The topological polar surface area (TPSA) is 22.0 Å². The lowest BCUT2D eigenvalue weighted by atomic mass is 9.94. The molecule has 0 aliphatic carbocycles. The largest absolute Gasteiger partial charge is 0.341 e. The highest BCUT2D eigenvalue weighted by molar-refractivity contribution is 6.15. The van der Waals surface area contributed by atoms with E-state index in [4.69, 9.17) is 0 Å². The summed E-state index contributed by atoms with van der Waals surface area (Å²) in [5, 5.41) is 2.37. The first-order chi connectivity index (χ1) is 13.2. The standard InChI is InChI=1S/C25H25NO/c1-3-5-10-18-11-6-7-12-20(18)25(27)19-15-16-24-22(17-19)21-13-8-9-14-23(21)26(24)4-2/h6-9,11-17H,3-5,10H2,1-2H3. The van der Waals surface area contributed by atoms with Gasteiger partial charge < -0.3 is 4.57 Å².